The summed E-state index contributed by atoms with van der Waals surface area (Å²) < 4.78 is 3.33. The van der Waals surface area contributed by atoms with Crippen LogP contribution in [0, 0.1) is 0 Å². The Kier molecular flexibility index (Phi) is 6.23. The molecule has 4 rings (SSSR count). The van der Waals surface area contributed by atoms with Crippen LogP contribution in [0.3, 0.4) is 0 Å². The maximum Gasteiger partial charge on any atom is 0.0618 e. The number of fused-ring (bicyclic) bond motifs is 1. The number of benzene rings is 2. The molecule has 29 heavy (non-hydrogen) atoms. The summed E-state index contributed by atoms with van der Waals surface area (Å²) in [5.74, 6) is 0. The van der Waals surface area contributed by atoms with Gasteiger partial charge in [-0.2, -0.15) is 0 Å². The third-order valence-electron chi connectivity index (χ3n) is 4.79. The minimum Gasteiger partial charge on any atom is -0.355 e. The predicted molar refractivity (Wildman–Crippen MR) is 127 cm³/mol. The molecule has 0 atom stereocenters. The number of halogens is 1. The number of hydrogen-bond donors (Lipinski definition) is 2. The summed E-state index contributed by atoms with van der Waals surface area (Å²) in [6, 6.07) is 17.0. The maximum absolute atomic E-state index is 4.24. The molecule has 0 aliphatic heterocycles. The van der Waals surface area contributed by atoms with Gasteiger partial charge in [-0.05, 0) is 79.0 Å². The molecule has 2 aromatic carbocycles. The van der Waals surface area contributed by atoms with Gasteiger partial charge in [-0.25, -0.2) is 0 Å². The fraction of sp³-hybridized carbons (Fsp3) is 0.174. The van der Waals surface area contributed by atoms with Gasteiger partial charge in [0.15, 0.2) is 0 Å². The second-order valence-electron chi connectivity index (χ2n) is 6.80. The van der Waals surface area contributed by atoms with Crippen molar-refractivity contribution in [2.24, 2.45) is 0 Å². The summed E-state index contributed by atoms with van der Waals surface area (Å²) in [5.41, 5.74) is 5.98. The van der Waals surface area contributed by atoms with Crippen molar-refractivity contribution in [3.8, 4) is 0 Å². The summed E-state index contributed by atoms with van der Waals surface area (Å²) in [7, 11) is 1.98. The van der Waals surface area contributed by atoms with Gasteiger partial charge in [0.2, 0.25) is 0 Å². The number of nitrogens with zero attached hydrogens (tertiary/aromatic N) is 2. The number of aryl methyl sites for hydroxylation is 1. The Hall–Kier alpha value is -2.28. The molecular weight excluding hydrogens is 444 g/mol. The number of nitrogens with one attached hydrogen (secondary N) is 2. The lowest BCUT2D eigenvalue weighted by Crippen LogP contribution is -2.04. The molecule has 0 fully saturated rings. The van der Waals surface area contributed by atoms with Gasteiger partial charge in [-0.15, -0.1) is 0 Å². The van der Waals surface area contributed by atoms with E-state index in [1.807, 2.05) is 19.3 Å². The van der Waals surface area contributed by atoms with Crippen LogP contribution < -0.4 is 10.6 Å². The Morgan fingerprint density at radius 3 is 2.76 bits per heavy atom. The zero-order valence-electron chi connectivity index (χ0n) is 16.4. The van der Waals surface area contributed by atoms with Crippen molar-refractivity contribution in [3.05, 3.63) is 82.7 Å². The zero-order chi connectivity index (χ0) is 20.2. The van der Waals surface area contributed by atoms with Crippen molar-refractivity contribution < 1.29 is 0 Å². The van der Waals surface area contributed by atoms with Crippen LogP contribution in [0.25, 0.3) is 10.9 Å². The molecule has 0 saturated heterocycles. The molecule has 4 nitrogen and oxygen atoms in total. The van der Waals surface area contributed by atoms with Gasteiger partial charge in [0, 0.05) is 51.3 Å². The van der Waals surface area contributed by atoms with Crippen molar-refractivity contribution in [1.82, 2.24) is 14.3 Å². The van der Waals surface area contributed by atoms with Gasteiger partial charge in [0.1, 0.15) is 0 Å². The Morgan fingerprint density at radius 2 is 2.00 bits per heavy atom. The topological polar surface area (TPSA) is 41.9 Å². The molecule has 148 valence electrons. The van der Waals surface area contributed by atoms with Crippen LogP contribution in [-0.4, -0.2) is 16.0 Å². The van der Waals surface area contributed by atoms with E-state index in [0.717, 1.165) is 33.7 Å². The third kappa shape index (κ3) is 4.50. The predicted octanol–water partition coefficient (Wildman–Crippen LogP) is 6.38. The van der Waals surface area contributed by atoms with E-state index in [2.05, 4.69) is 91.1 Å². The standard InChI is InChI=1S/C23H23BrN4S/c1-3-16-11-18(24)6-9-22(16)27-19-7-8-21-17(13-25-2)15-28(23(21)12-19)29-20-5-4-10-26-14-20/h4-12,14-15,25,27H,3,13H2,1-2H3. The van der Waals surface area contributed by atoms with Gasteiger partial charge in [0.25, 0.3) is 0 Å². The molecule has 2 heterocycles. The van der Waals surface area contributed by atoms with E-state index in [0.29, 0.717) is 0 Å². The van der Waals surface area contributed by atoms with Gasteiger partial charge < -0.3 is 10.6 Å². The fourth-order valence-corrected chi connectivity index (χ4v) is 4.71. The molecule has 2 N–H and O–H groups in total. The van der Waals surface area contributed by atoms with E-state index in [9.17, 15) is 0 Å². The van der Waals surface area contributed by atoms with Gasteiger partial charge >= 0.3 is 0 Å². The van der Waals surface area contributed by atoms with Crippen LogP contribution in [0.15, 0.2) is 76.5 Å². The van der Waals surface area contributed by atoms with E-state index < -0.39 is 0 Å². The number of hydrogen-bond acceptors (Lipinski definition) is 4. The molecule has 0 bridgehead atoms. The van der Waals surface area contributed by atoms with Gasteiger partial charge in [0.05, 0.1) is 5.52 Å². The van der Waals surface area contributed by atoms with Crippen molar-refractivity contribution in [3.63, 3.8) is 0 Å². The van der Waals surface area contributed by atoms with E-state index in [1.165, 1.54) is 22.0 Å². The lowest BCUT2D eigenvalue weighted by molar-refractivity contribution is 0.822. The second-order valence-corrected chi connectivity index (χ2v) is 8.77. The monoisotopic (exact) mass is 466 g/mol. The first kappa shape index (κ1) is 20.0. The average molecular weight is 467 g/mol. The molecule has 4 aromatic rings. The highest BCUT2D eigenvalue weighted by Gasteiger charge is 2.11. The van der Waals surface area contributed by atoms with Crippen LogP contribution in [0.1, 0.15) is 18.1 Å². The summed E-state index contributed by atoms with van der Waals surface area (Å²) in [4.78, 5) is 5.35. The third-order valence-corrected chi connectivity index (χ3v) is 6.23. The van der Waals surface area contributed by atoms with Crippen LogP contribution in [0.4, 0.5) is 11.4 Å². The number of rotatable bonds is 7. The Morgan fingerprint density at radius 1 is 1.10 bits per heavy atom. The van der Waals surface area contributed by atoms with Crippen LogP contribution in [0.5, 0.6) is 0 Å². The smallest absolute Gasteiger partial charge is 0.0618 e. The molecule has 0 spiro atoms. The summed E-state index contributed by atoms with van der Waals surface area (Å²) in [6.07, 6.45) is 6.88. The van der Waals surface area contributed by atoms with E-state index in [4.69, 9.17) is 0 Å². The van der Waals surface area contributed by atoms with Gasteiger partial charge in [-0.3, -0.25) is 8.96 Å². The zero-order valence-corrected chi connectivity index (χ0v) is 18.8. The SMILES string of the molecule is CCc1cc(Br)ccc1Nc1ccc2c(CNC)cn(Sc3cccnc3)c2c1. The minimum absolute atomic E-state index is 0.830. The largest absolute Gasteiger partial charge is 0.355 e. The molecule has 0 radical (unpaired) electrons. The van der Waals surface area contributed by atoms with Gasteiger partial charge in [-0.1, -0.05) is 28.9 Å². The Bertz CT molecular complexity index is 1120. The maximum atomic E-state index is 4.24. The molecule has 2 aromatic heterocycles. The first-order valence-corrected chi connectivity index (χ1v) is 11.2. The summed E-state index contributed by atoms with van der Waals surface area (Å²) in [6.45, 7) is 3.01. The van der Waals surface area contributed by atoms with Crippen LogP contribution >= 0.6 is 27.9 Å². The highest BCUT2D eigenvalue weighted by Crippen LogP contribution is 2.33. The van der Waals surface area contributed by atoms with Crippen molar-refractivity contribution in [2.75, 3.05) is 12.4 Å². The highest BCUT2D eigenvalue weighted by atomic mass is 79.9. The van der Waals surface area contributed by atoms with Crippen molar-refractivity contribution in [1.29, 1.82) is 0 Å². The van der Waals surface area contributed by atoms with Crippen LogP contribution in [-0.2, 0) is 13.0 Å². The number of pyridine rings is 1. The minimum atomic E-state index is 0.830. The lowest BCUT2D eigenvalue weighted by atomic mass is 10.1. The summed E-state index contributed by atoms with van der Waals surface area (Å²) >= 11 is 5.25. The van der Waals surface area contributed by atoms with E-state index in [1.54, 1.807) is 18.1 Å². The lowest BCUT2D eigenvalue weighted by Gasteiger charge is -2.12. The molecule has 0 saturated carbocycles. The first-order valence-electron chi connectivity index (χ1n) is 9.60. The van der Waals surface area contributed by atoms with E-state index >= 15 is 0 Å². The molecule has 0 aliphatic rings. The summed E-state index contributed by atoms with van der Waals surface area (Å²) in [5, 5.41) is 8.13. The van der Waals surface area contributed by atoms with Crippen molar-refractivity contribution >= 4 is 50.2 Å². The number of anilines is 2. The Labute approximate surface area is 184 Å². The van der Waals surface area contributed by atoms with E-state index in [-0.39, 0.29) is 0 Å². The molecule has 0 unspecified atom stereocenters. The normalized spacial score (nSPS) is 11.1. The number of aromatic nitrogens is 2. The highest BCUT2D eigenvalue weighted by molar-refractivity contribution is 9.10. The fourth-order valence-electron chi connectivity index (χ4n) is 3.40. The molecule has 0 amide bonds. The molecule has 0 aliphatic carbocycles. The molecular formula is C23H23BrN4S. The quantitative estimate of drug-likeness (QED) is 0.331. The second kappa shape index (κ2) is 9.03. The van der Waals surface area contributed by atoms with Crippen LogP contribution in [0.2, 0.25) is 0 Å². The van der Waals surface area contributed by atoms with Crippen molar-refractivity contribution in [2.45, 2.75) is 24.8 Å². The average Bonchev–Trinajstić information content (AvgIpc) is 3.07. The molecule has 6 heteroatoms. The first-order chi connectivity index (χ1) is 14.2. The Balaban J connectivity index is 1.73.